The maximum absolute atomic E-state index is 11.3. The number of nitrogens with two attached hydrogens (primary N) is 1. The lowest BCUT2D eigenvalue weighted by molar-refractivity contribution is 0.0998. The molecule has 0 saturated heterocycles. The van der Waals surface area contributed by atoms with Crippen LogP contribution in [-0.2, 0) is 0 Å². The number of benzene rings is 2. The lowest BCUT2D eigenvalue weighted by Gasteiger charge is -2.09. The predicted octanol–water partition coefficient (Wildman–Crippen LogP) is 3.05. The number of phenolic OH excluding ortho intramolecular Hbond substituents is 1. The SMILES string of the molecule is NC(=O)c1ccc(Br)cc1Oc1cccc(O)c1. The average molecular weight is 308 g/mol. The maximum Gasteiger partial charge on any atom is 0.252 e. The van der Waals surface area contributed by atoms with Gasteiger partial charge in [-0.15, -0.1) is 0 Å². The van der Waals surface area contributed by atoms with Crippen molar-refractivity contribution in [1.82, 2.24) is 0 Å². The molecule has 2 rings (SSSR count). The molecule has 18 heavy (non-hydrogen) atoms. The molecule has 0 unspecified atom stereocenters. The summed E-state index contributed by atoms with van der Waals surface area (Å²) in [5.74, 6) is 0.277. The lowest BCUT2D eigenvalue weighted by atomic mass is 10.2. The van der Waals surface area contributed by atoms with Crippen molar-refractivity contribution in [3.8, 4) is 17.2 Å². The van der Waals surface area contributed by atoms with E-state index in [-0.39, 0.29) is 11.3 Å². The van der Waals surface area contributed by atoms with Crippen molar-refractivity contribution in [2.75, 3.05) is 0 Å². The van der Waals surface area contributed by atoms with Gasteiger partial charge in [-0.25, -0.2) is 0 Å². The number of halogens is 1. The summed E-state index contributed by atoms with van der Waals surface area (Å²) < 4.78 is 6.31. The van der Waals surface area contributed by atoms with Crippen molar-refractivity contribution in [2.45, 2.75) is 0 Å². The first-order valence-electron chi connectivity index (χ1n) is 5.12. The van der Waals surface area contributed by atoms with Gasteiger partial charge in [0.2, 0.25) is 0 Å². The number of carbonyl (C=O) groups is 1. The molecule has 0 saturated carbocycles. The van der Waals surface area contributed by atoms with Gasteiger partial charge >= 0.3 is 0 Å². The Bertz CT molecular complexity index is 599. The van der Waals surface area contributed by atoms with E-state index in [1.165, 1.54) is 12.1 Å². The highest BCUT2D eigenvalue weighted by Gasteiger charge is 2.11. The van der Waals surface area contributed by atoms with Crippen LogP contribution in [0, 0.1) is 0 Å². The summed E-state index contributed by atoms with van der Waals surface area (Å²) in [6, 6.07) is 11.2. The standard InChI is InChI=1S/C13H10BrNO3/c14-8-4-5-11(13(15)17)12(6-8)18-10-3-1-2-9(16)7-10/h1-7,16H,(H2,15,17). The van der Waals surface area contributed by atoms with Gasteiger partial charge in [0.15, 0.2) is 0 Å². The zero-order chi connectivity index (χ0) is 13.1. The Morgan fingerprint density at radius 3 is 2.67 bits per heavy atom. The number of aromatic hydroxyl groups is 1. The van der Waals surface area contributed by atoms with E-state index in [1.54, 1.807) is 30.3 Å². The highest BCUT2D eigenvalue weighted by molar-refractivity contribution is 9.10. The summed E-state index contributed by atoms with van der Waals surface area (Å²) in [5, 5.41) is 9.34. The minimum absolute atomic E-state index is 0.0862. The summed E-state index contributed by atoms with van der Waals surface area (Å²) in [5.41, 5.74) is 5.54. The Hall–Kier alpha value is -2.01. The topological polar surface area (TPSA) is 72.6 Å². The summed E-state index contributed by atoms with van der Waals surface area (Å²) in [6.45, 7) is 0. The van der Waals surface area contributed by atoms with Crippen molar-refractivity contribution in [1.29, 1.82) is 0 Å². The molecular formula is C13H10BrNO3. The van der Waals surface area contributed by atoms with E-state index in [2.05, 4.69) is 15.9 Å². The van der Waals surface area contributed by atoms with Gasteiger partial charge in [0.05, 0.1) is 5.56 Å². The van der Waals surface area contributed by atoms with Crippen LogP contribution in [0.15, 0.2) is 46.9 Å². The van der Waals surface area contributed by atoms with Gasteiger partial charge in [0.25, 0.3) is 5.91 Å². The molecule has 4 nitrogen and oxygen atoms in total. The van der Waals surface area contributed by atoms with E-state index < -0.39 is 5.91 Å². The normalized spacial score (nSPS) is 10.1. The Kier molecular flexibility index (Phi) is 3.53. The van der Waals surface area contributed by atoms with Crippen LogP contribution < -0.4 is 10.5 Å². The van der Waals surface area contributed by atoms with Gasteiger partial charge in [0, 0.05) is 10.5 Å². The van der Waals surface area contributed by atoms with E-state index in [0.717, 1.165) is 4.47 Å². The molecule has 0 radical (unpaired) electrons. The number of amides is 1. The third-order valence-electron chi connectivity index (χ3n) is 2.25. The molecule has 5 heteroatoms. The number of rotatable bonds is 3. The van der Waals surface area contributed by atoms with Crippen LogP contribution in [0.4, 0.5) is 0 Å². The Morgan fingerprint density at radius 1 is 1.22 bits per heavy atom. The third kappa shape index (κ3) is 2.81. The molecule has 0 bridgehead atoms. The molecule has 0 aliphatic heterocycles. The van der Waals surface area contributed by atoms with E-state index in [9.17, 15) is 9.90 Å². The number of hydrogen-bond donors (Lipinski definition) is 2. The highest BCUT2D eigenvalue weighted by Crippen LogP contribution is 2.29. The van der Waals surface area contributed by atoms with E-state index in [4.69, 9.17) is 10.5 Å². The molecule has 0 heterocycles. The van der Waals surface area contributed by atoms with Gasteiger partial charge in [-0.05, 0) is 30.3 Å². The van der Waals surface area contributed by atoms with Crippen LogP contribution >= 0.6 is 15.9 Å². The fourth-order valence-electron chi connectivity index (χ4n) is 1.46. The third-order valence-corrected chi connectivity index (χ3v) is 2.75. The molecular weight excluding hydrogens is 298 g/mol. The van der Waals surface area contributed by atoms with Crippen LogP contribution in [0.2, 0.25) is 0 Å². The Labute approximate surface area is 112 Å². The largest absolute Gasteiger partial charge is 0.508 e. The first-order valence-corrected chi connectivity index (χ1v) is 5.92. The quantitative estimate of drug-likeness (QED) is 0.915. The van der Waals surface area contributed by atoms with Gasteiger partial charge in [-0.3, -0.25) is 4.79 Å². The molecule has 1 amide bonds. The number of phenols is 1. The molecule has 0 spiro atoms. The summed E-state index contributed by atoms with van der Waals surface area (Å²) in [7, 11) is 0. The van der Waals surface area contributed by atoms with Crippen LogP contribution in [0.5, 0.6) is 17.2 Å². The molecule has 2 aromatic rings. The van der Waals surface area contributed by atoms with Crippen LogP contribution in [-0.4, -0.2) is 11.0 Å². The number of hydrogen-bond acceptors (Lipinski definition) is 3. The minimum atomic E-state index is -0.572. The highest BCUT2D eigenvalue weighted by atomic mass is 79.9. The van der Waals surface area contributed by atoms with Crippen molar-refractivity contribution in [2.24, 2.45) is 5.73 Å². The molecule has 0 atom stereocenters. The zero-order valence-corrected chi connectivity index (χ0v) is 10.8. The summed E-state index contributed by atoms with van der Waals surface area (Å²) in [4.78, 5) is 11.3. The molecule has 2 aromatic carbocycles. The van der Waals surface area contributed by atoms with Crippen LogP contribution in [0.3, 0.4) is 0 Å². The molecule has 0 aliphatic rings. The van der Waals surface area contributed by atoms with E-state index in [0.29, 0.717) is 11.5 Å². The van der Waals surface area contributed by atoms with Crippen molar-refractivity contribution in [3.63, 3.8) is 0 Å². The molecule has 0 aliphatic carbocycles. The zero-order valence-electron chi connectivity index (χ0n) is 9.26. The van der Waals surface area contributed by atoms with Gasteiger partial charge in [0.1, 0.15) is 17.2 Å². The summed E-state index contributed by atoms with van der Waals surface area (Å²) >= 11 is 3.29. The lowest BCUT2D eigenvalue weighted by Crippen LogP contribution is -2.12. The summed E-state index contributed by atoms with van der Waals surface area (Å²) in [6.07, 6.45) is 0. The second kappa shape index (κ2) is 5.10. The Balaban J connectivity index is 2.39. The fourth-order valence-corrected chi connectivity index (χ4v) is 1.80. The van der Waals surface area contributed by atoms with E-state index >= 15 is 0 Å². The van der Waals surface area contributed by atoms with Crippen molar-refractivity contribution in [3.05, 3.63) is 52.5 Å². The van der Waals surface area contributed by atoms with E-state index in [1.807, 2.05) is 0 Å². The van der Waals surface area contributed by atoms with Crippen molar-refractivity contribution >= 4 is 21.8 Å². The molecule has 0 aromatic heterocycles. The minimum Gasteiger partial charge on any atom is -0.508 e. The molecule has 92 valence electrons. The first kappa shape index (κ1) is 12.4. The smallest absolute Gasteiger partial charge is 0.252 e. The van der Waals surface area contributed by atoms with Gasteiger partial charge < -0.3 is 15.6 Å². The van der Waals surface area contributed by atoms with Crippen LogP contribution in [0.25, 0.3) is 0 Å². The second-order valence-electron chi connectivity index (χ2n) is 3.60. The number of ether oxygens (including phenoxy) is 1. The second-order valence-corrected chi connectivity index (χ2v) is 4.52. The van der Waals surface area contributed by atoms with Crippen molar-refractivity contribution < 1.29 is 14.6 Å². The molecule has 3 N–H and O–H groups in total. The van der Waals surface area contributed by atoms with Gasteiger partial charge in [-0.2, -0.15) is 0 Å². The van der Waals surface area contributed by atoms with Gasteiger partial charge in [-0.1, -0.05) is 22.0 Å². The monoisotopic (exact) mass is 307 g/mol. The maximum atomic E-state index is 11.3. The number of primary amides is 1. The predicted molar refractivity (Wildman–Crippen MR) is 70.8 cm³/mol. The average Bonchev–Trinajstić information content (AvgIpc) is 2.28. The number of carbonyl (C=O) groups excluding carboxylic acids is 1. The fraction of sp³-hybridized carbons (Fsp3) is 0. The van der Waals surface area contributed by atoms with Crippen LogP contribution in [0.1, 0.15) is 10.4 Å². The molecule has 0 fully saturated rings. The Morgan fingerprint density at radius 2 is 2.00 bits per heavy atom. The first-order chi connectivity index (χ1) is 8.56.